The summed E-state index contributed by atoms with van der Waals surface area (Å²) in [6.07, 6.45) is -2.73. The van der Waals surface area contributed by atoms with E-state index >= 15 is 0 Å². The van der Waals surface area contributed by atoms with Gasteiger partial charge in [0.1, 0.15) is 5.82 Å². The highest BCUT2D eigenvalue weighted by molar-refractivity contribution is 5.98. The third-order valence-electron chi connectivity index (χ3n) is 3.78. The number of benzene rings is 1. The summed E-state index contributed by atoms with van der Waals surface area (Å²) < 4.78 is 36.5. The third kappa shape index (κ3) is 7.89. The van der Waals surface area contributed by atoms with Crippen LogP contribution >= 0.6 is 0 Å². The van der Waals surface area contributed by atoms with Crippen LogP contribution in [0.2, 0.25) is 0 Å². The molecular weight excluding hydrogens is 425 g/mol. The highest BCUT2D eigenvalue weighted by atomic mass is 19.4. The van der Waals surface area contributed by atoms with Crippen LogP contribution in [-0.2, 0) is 6.18 Å². The molecule has 0 amide bonds. The lowest BCUT2D eigenvalue weighted by Gasteiger charge is -2.17. The van der Waals surface area contributed by atoms with Gasteiger partial charge in [0.15, 0.2) is 5.69 Å². The zero-order chi connectivity index (χ0) is 23.9. The Morgan fingerprint density at radius 1 is 0.903 bits per heavy atom. The number of nitrogens with zero attached hydrogens (tertiary/aromatic N) is 2. The van der Waals surface area contributed by atoms with Crippen LogP contribution in [0.1, 0.15) is 50.6 Å². The van der Waals surface area contributed by atoms with E-state index in [1.165, 1.54) is 0 Å². The molecule has 2 aromatic rings. The number of nitrogens with one attached hydrogen (secondary N) is 1. The van der Waals surface area contributed by atoms with Gasteiger partial charge in [0.05, 0.1) is 29.1 Å². The van der Waals surface area contributed by atoms with E-state index in [4.69, 9.17) is 21.1 Å². The molecular formula is C18H19F3N4O6. The largest absolute Gasteiger partial charge is 0.478 e. The Morgan fingerprint density at radius 2 is 1.32 bits per heavy atom. The molecule has 1 heterocycles. The summed E-state index contributed by atoms with van der Waals surface area (Å²) in [5.74, 6) is -3.85. The molecule has 6 N–H and O–H groups in total. The lowest BCUT2D eigenvalue weighted by atomic mass is 10.1. The zero-order valence-corrected chi connectivity index (χ0v) is 16.2. The van der Waals surface area contributed by atoms with Gasteiger partial charge in [-0.3, -0.25) is 0 Å². The average molecular weight is 444 g/mol. The number of rotatable bonds is 6. The second-order valence-electron chi connectivity index (χ2n) is 6.29. The van der Waals surface area contributed by atoms with E-state index in [-0.39, 0.29) is 34.6 Å². The van der Waals surface area contributed by atoms with E-state index in [1.807, 2.05) is 6.92 Å². The number of carboxylic acid groups (broad SMARTS) is 3. The fourth-order valence-corrected chi connectivity index (χ4v) is 1.91. The van der Waals surface area contributed by atoms with Crippen molar-refractivity contribution in [2.24, 2.45) is 5.73 Å². The number of nitrogens with two attached hydrogens (primary N) is 1. The summed E-state index contributed by atoms with van der Waals surface area (Å²) in [6, 6.07) is 2.47. The van der Waals surface area contributed by atoms with E-state index in [1.54, 1.807) is 6.92 Å². The van der Waals surface area contributed by atoms with Gasteiger partial charge in [-0.15, -0.1) is 0 Å². The summed E-state index contributed by atoms with van der Waals surface area (Å²) in [5, 5.41) is 28.7. The van der Waals surface area contributed by atoms with Gasteiger partial charge in [-0.25, -0.2) is 24.4 Å². The number of carbonyl (C=O) groups is 3. The van der Waals surface area contributed by atoms with Crippen molar-refractivity contribution in [3.05, 3.63) is 53.0 Å². The van der Waals surface area contributed by atoms with Crippen molar-refractivity contribution in [2.75, 3.05) is 5.32 Å². The van der Waals surface area contributed by atoms with Gasteiger partial charge in [-0.2, -0.15) is 13.2 Å². The van der Waals surface area contributed by atoms with Gasteiger partial charge < -0.3 is 26.4 Å². The minimum Gasteiger partial charge on any atom is -0.478 e. The maximum atomic E-state index is 12.2. The normalized spacial score (nSPS) is 12.7. The minimum absolute atomic E-state index is 0.0916. The quantitative estimate of drug-likeness (QED) is 0.445. The first-order chi connectivity index (χ1) is 14.2. The summed E-state index contributed by atoms with van der Waals surface area (Å²) in [4.78, 5) is 38.6. The Hall–Kier alpha value is -3.74. The summed E-state index contributed by atoms with van der Waals surface area (Å²) in [7, 11) is 0. The highest BCUT2D eigenvalue weighted by Gasteiger charge is 2.32. The molecule has 0 saturated carbocycles. The molecule has 0 spiro atoms. The molecule has 10 nitrogen and oxygen atoms in total. The highest BCUT2D eigenvalue weighted by Crippen LogP contribution is 2.26. The number of hydrogen-bond donors (Lipinski definition) is 5. The molecule has 0 aliphatic rings. The molecule has 31 heavy (non-hydrogen) atoms. The Bertz CT molecular complexity index is 869. The van der Waals surface area contributed by atoms with Crippen LogP contribution in [0.3, 0.4) is 0 Å². The van der Waals surface area contributed by atoms with Crippen LogP contribution in [0, 0.1) is 0 Å². The maximum absolute atomic E-state index is 12.2. The van der Waals surface area contributed by atoms with Crippen LogP contribution in [0.4, 0.5) is 19.0 Å². The second-order valence-corrected chi connectivity index (χ2v) is 6.29. The zero-order valence-electron chi connectivity index (χ0n) is 16.2. The smallest absolute Gasteiger partial charge is 0.434 e. The van der Waals surface area contributed by atoms with Crippen molar-refractivity contribution < 1.29 is 42.9 Å². The van der Waals surface area contributed by atoms with Crippen LogP contribution in [0.15, 0.2) is 30.6 Å². The lowest BCUT2D eigenvalue weighted by Crippen LogP contribution is -2.35. The van der Waals surface area contributed by atoms with Crippen molar-refractivity contribution in [1.82, 2.24) is 9.97 Å². The molecule has 0 aliphatic carbocycles. The molecule has 13 heteroatoms. The van der Waals surface area contributed by atoms with Gasteiger partial charge in [-0.1, -0.05) is 0 Å². The third-order valence-corrected chi connectivity index (χ3v) is 3.78. The van der Waals surface area contributed by atoms with E-state index < -0.39 is 29.8 Å². The number of halogens is 3. The SMILES string of the molecule is CC(N)C(C)Nc1cnc(C(F)(F)F)cn1.O=C(O)c1cc(C(=O)O)cc(C(=O)O)c1. The fourth-order valence-electron chi connectivity index (χ4n) is 1.91. The lowest BCUT2D eigenvalue weighted by molar-refractivity contribution is -0.141. The molecule has 2 unspecified atom stereocenters. The van der Waals surface area contributed by atoms with Crippen molar-refractivity contribution in [3.63, 3.8) is 0 Å². The van der Waals surface area contributed by atoms with E-state index in [0.717, 1.165) is 24.4 Å². The van der Waals surface area contributed by atoms with Crippen molar-refractivity contribution in [2.45, 2.75) is 32.1 Å². The molecule has 0 fully saturated rings. The van der Waals surface area contributed by atoms with Gasteiger partial charge >= 0.3 is 24.1 Å². The Kier molecular flexibility index (Phi) is 8.44. The molecule has 1 aromatic carbocycles. The predicted octanol–water partition coefficient (Wildman–Crippen LogP) is 2.42. The van der Waals surface area contributed by atoms with Gasteiger partial charge in [0.25, 0.3) is 0 Å². The van der Waals surface area contributed by atoms with Crippen molar-refractivity contribution in [3.8, 4) is 0 Å². The monoisotopic (exact) mass is 444 g/mol. The van der Waals surface area contributed by atoms with Crippen molar-refractivity contribution >= 4 is 23.7 Å². The Morgan fingerprint density at radius 3 is 1.58 bits per heavy atom. The fraction of sp³-hybridized carbons (Fsp3) is 0.278. The molecule has 2 rings (SSSR count). The van der Waals surface area contributed by atoms with E-state index in [9.17, 15) is 27.6 Å². The Labute approximate surface area is 173 Å². The van der Waals surface area contributed by atoms with Crippen LogP contribution in [-0.4, -0.2) is 55.3 Å². The number of carboxylic acids is 3. The standard InChI is InChI=1S/C9H13F3N4.C9H6O6/c1-5(13)6(2)16-8-4-14-7(3-15-8)9(10,11)12;10-7(11)4-1-5(8(12)13)3-6(2-4)9(14)15/h3-6H,13H2,1-2H3,(H,15,16);1-3H,(H,10,11)(H,12,13)(H,14,15). The molecule has 1 aromatic heterocycles. The van der Waals surface area contributed by atoms with E-state index in [2.05, 4.69) is 15.3 Å². The van der Waals surface area contributed by atoms with Gasteiger partial charge in [0.2, 0.25) is 0 Å². The van der Waals surface area contributed by atoms with E-state index in [0.29, 0.717) is 6.20 Å². The molecule has 0 bridgehead atoms. The first-order valence-electron chi connectivity index (χ1n) is 8.48. The molecule has 0 aliphatic heterocycles. The molecule has 168 valence electrons. The van der Waals surface area contributed by atoms with Crippen LogP contribution in [0.25, 0.3) is 0 Å². The summed E-state index contributed by atoms with van der Waals surface area (Å²) in [5.41, 5.74) is 3.48. The number of alkyl halides is 3. The molecule has 2 atom stereocenters. The first-order valence-corrected chi connectivity index (χ1v) is 8.48. The second kappa shape index (κ2) is 10.3. The number of anilines is 1. The Balaban J connectivity index is 0.000000311. The number of hydrogen-bond acceptors (Lipinski definition) is 7. The van der Waals surface area contributed by atoms with Crippen LogP contribution < -0.4 is 11.1 Å². The number of aromatic nitrogens is 2. The maximum Gasteiger partial charge on any atom is 0.434 e. The van der Waals surface area contributed by atoms with Crippen molar-refractivity contribution in [1.29, 1.82) is 0 Å². The molecule has 0 radical (unpaired) electrons. The van der Waals surface area contributed by atoms with Crippen LogP contribution in [0.5, 0.6) is 0 Å². The first kappa shape index (κ1) is 25.3. The van der Waals surface area contributed by atoms with Gasteiger partial charge in [0, 0.05) is 12.1 Å². The summed E-state index contributed by atoms with van der Waals surface area (Å²) >= 11 is 0. The summed E-state index contributed by atoms with van der Waals surface area (Å²) in [6.45, 7) is 3.60. The number of aromatic carboxylic acids is 3. The average Bonchev–Trinajstić information content (AvgIpc) is 2.67. The topological polar surface area (TPSA) is 176 Å². The minimum atomic E-state index is -4.46. The van der Waals surface area contributed by atoms with Gasteiger partial charge in [-0.05, 0) is 32.0 Å². The predicted molar refractivity (Wildman–Crippen MR) is 101 cm³/mol. The molecule has 0 saturated heterocycles.